The molecule has 0 spiro atoms. The van der Waals surface area contributed by atoms with Crippen LogP contribution in [0.1, 0.15) is 37.7 Å². The molecule has 1 saturated heterocycles. The van der Waals surface area contributed by atoms with Crippen molar-refractivity contribution in [3.8, 4) is 0 Å². The number of hydrogen-bond acceptors (Lipinski definition) is 6. The molecule has 1 unspecified atom stereocenters. The van der Waals surface area contributed by atoms with E-state index in [4.69, 9.17) is 0 Å². The third-order valence-corrected chi connectivity index (χ3v) is 5.32. The molecule has 0 radical (unpaired) electrons. The maximum atomic E-state index is 12.6. The van der Waals surface area contributed by atoms with Gasteiger partial charge < -0.3 is 10.2 Å². The molecule has 1 N–H and O–H groups in total. The summed E-state index contributed by atoms with van der Waals surface area (Å²) in [6, 6.07) is 1.54. The Balaban J connectivity index is 2.18. The van der Waals surface area contributed by atoms with E-state index in [0.717, 1.165) is 0 Å². The van der Waals surface area contributed by atoms with Crippen molar-refractivity contribution in [3.63, 3.8) is 0 Å². The van der Waals surface area contributed by atoms with Gasteiger partial charge in [-0.3, -0.25) is 4.79 Å². The molecule has 1 amide bonds. The zero-order chi connectivity index (χ0) is 16.3. The molecule has 1 fully saturated rings. The molecule has 8 heteroatoms. The first kappa shape index (κ1) is 16.7. The maximum Gasteiger partial charge on any atom is 0.272 e. The summed E-state index contributed by atoms with van der Waals surface area (Å²) in [5.41, 5.74) is 0.282. The normalized spacial score (nSPS) is 20.1. The van der Waals surface area contributed by atoms with Gasteiger partial charge in [-0.05, 0) is 27.2 Å². The van der Waals surface area contributed by atoms with E-state index >= 15 is 0 Å². The van der Waals surface area contributed by atoms with Crippen LogP contribution in [0.15, 0.2) is 12.4 Å². The Labute approximate surface area is 131 Å². The number of amides is 1. The van der Waals surface area contributed by atoms with E-state index in [1.807, 2.05) is 20.8 Å². The number of nitrogens with one attached hydrogen (secondary N) is 1. The van der Waals surface area contributed by atoms with E-state index in [1.54, 1.807) is 11.0 Å². The molecule has 2 rings (SSSR count). The molecule has 1 aliphatic rings. The summed E-state index contributed by atoms with van der Waals surface area (Å²) in [6.45, 7) is 6.25. The van der Waals surface area contributed by atoms with Gasteiger partial charge in [0.1, 0.15) is 17.8 Å². The van der Waals surface area contributed by atoms with Crippen LogP contribution in [0.25, 0.3) is 0 Å². The SMILES string of the molecule is CCN(C(=O)c1cc(NC(C)C)ncn1)C1CCS(=O)(=O)C1. The lowest BCUT2D eigenvalue weighted by Gasteiger charge is -2.26. The summed E-state index contributed by atoms with van der Waals surface area (Å²) in [5.74, 6) is 0.516. The molecule has 0 aliphatic carbocycles. The molecule has 122 valence electrons. The number of carbonyl (C=O) groups excluding carboxylic acids is 1. The van der Waals surface area contributed by atoms with Crippen molar-refractivity contribution in [1.82, 2.24) is 14.9 Å². The van der Waals surface area contributed by atoms with Gasteiger partial charge in [-0.25, -0.2) is 18.4 Å². The van der Waals surface area contributed by atoms with Crippen LogP contribution in [-0.2, 0) is 9.84 Å². The van der Waals surface area contributed by atoms with Gasteiger partial charge in [-0.1, -0.05) is 0 Å². The number of aromatic nitrogens is 2. The number of sulfone groups is 1. The largest absolute Gasteiger partial charge is 0.368 e. The Kier molecular flexibility index (Phi) is 5.00. The molecular formula is C14H22N4O3S. The minimum absolute atomic E-state index is 0.0365. The second-order valence-electron chi connectivity index (χ2n) is 5.74. The van der Waals surface area contributed by atoms with Crippen LogP contribution in [0.4, 0.5) is 5.82 Å². The first-order chi connectivity index (χ1) is 10.3. The Bertz CT molecular complexity index is 645. The van der Waals surface area contributed by atoms with E-state index in [1.165, 1.54) is 6.33 Å². The molecule has 1 aliphatic heterocycles. The van der Waals surface area contributed by atoms with E-state index < -0.39 is 9.84 Å². The number of anilines is 1. The maximum absolute atomic E-state index is 12.6. The fraction of sp³-hybridized carbons (Fsp3) is 0.643. The second-order valence-corrected chi connectivity index (χ2v) is 7.96. The average molecular weight is 326 g/mol. The Morgan fingerprint density at radius 1 is 1.45 bits per heavy atom. The molecular weight excluding hydrogens is 304 g/mol. The standard InChI is InChI=1S/C14H22N4O3S/c1-4-18(11-5-6-22(20,21)8-11)14(19)12-7-13(16-9-15-12)17-10(2)3/h7,9-11H,4-6,8H2,1-3H3,(H,15,16,17). The van der Waals surface area contributed by atoms with Gasteiger partial charge in [-0.15, -0.1) is 0 Å². The summed E-state index contributed by atoms with van der Waals surface area (Å²) < 4.78 is 23.2. The van der Waals surface area contributed by atoms with E-state index in [0.29, 0.717) is 18.8 Å². The van der Waals surface area contributed by atoms with Crippen molar-refractivity contribution < 1.29 is 13.2 Å². The molecule has 1 aromatic heterocycles. The number of hydrogen-bond donors (Lipinski definition) is 1. The van der Waals surface area contributed by atoms with E-state index in [9.17, 15) is 13.2 Å². The summed E-state index contributed by atoms with van der Waals surface area (Å²) in [5, 5.41) is 3.12. The topological polar surface area (TPSA) is 92.3 Å². The Morgan fingerprint density at radius 2 is 2.18 bits per heavy atom. The van der Waals surface area contributed by atoms with Crippen molar-refractivity contribution in [2.24, 2.45) is 0 Å². The highest BCUT2D eigenvalue weighted by Crippen LogP contribution is 2.20. The van der Waals surface area contributed by atoms with Crippen LogP contribution in [0.2, 0.25) is 0 Å². The Morgan fingerprint density at radius 3 is 2.73 bits per heavy atom. The minimum Gasteiger partial charge on any atom is -0.368 e. The van der Waals surface area contributed by atoms with Crippen LogP contribution in [0.3, 0.4) is 0 Å². The number of rotatable bonds is 5. The highest BCUT2D eigenvalue weighted by atomic mass is 32.2. The fourth-order valence-corrected chi connectivity index (χ4v) is 4.32. The van der Waals surface area contributed by atoms with Crippen LogP contribution in [0, 0.1) is 0 Å². The van der Waals surface area contributed by atoms with Gasteiger partial charge in [0.25, 0.3) is 5.91 Å². The quantitative estimate of drug-likeness (QED) is 0.866. The predicted octanol–water partition coefficient (Wildman–Crippen LogP) is 0.946. The van der Waals surface area contributed by atoms with Crippen molar-refractivity contribution in [3.05, 3.63) is 18.1 Å². The van der Waals surface area contributed by atoms with Gasteiger partial charge in [0.05, 0.1) is 11.5 Å². The van der Waals surface area contributed by atoms with Gasteiger partial charge in [0, 0.05) is 24.7 Å². The lowest BCUT2D eigenvalue weighted by molar-refractivity contribution is 0.0702. The third kappa shape index (κ3) is 3.94. The molecule has 1 aromatic rings. The molecule has 7 nitrogen and oxygen atoms in total. The zero-order valence-electron chi connectivity index (χ0n) is 13.1. The van der Waals surface area contributed by atoms with Crippen LogP contribution in [0.5, 0.6) is 0 Å². The first-order valence-corrected chi connectivity index (χ1v) is 9.24. The molecule has 1 atom stereocenters. The Hall–Kier alpha value is -1.70. The summed E-state index contributed by atoms with van der Waals surface area (Å²) in [6.07, 6.45) is 1.83. The second kappa shape index (κ2) is 6.60. The van der Waals surface area contributed by atoms with Crippen molar-refractivity contribution in [2.45, 2.75) is 39.3 Å². The van der Waals surface area contributed by atoms with Gasteiger partial charge in [0.15, 0.2) is 9.84 Å². The van der Waals surface area contributed by atoms with E-state index in [2.05, 4.69) is 15.3 Å². The lowest BCUT2D eigenvalue weighted by Crippen LogP contribution is -2.41. The molecule has 2 heterocycles. The summed E-state index contributed by atoms with van der Waals surface area (Å²) in [4.78, 5) is 22.3. The van der Waals surface area contributed by atoms with Crippen molar-refractivity contribution in [1.29, 1.82) is 0 Å². The van der Waals surface area contributed by atoms with Crippen LogP contribution >= 0.6 is 0 Å². The number of nitrogens with zero attached hydrogens (tertiary/aromatic N) is 3. The highest BCUT2D eigenvalue weighted by Gasteiger charge is 2.34. The fourth-order valence-electron chi connectivity index (χ4n) is 2.58. The van der Waals surface area contributed by atoms with E-state index in [-0.39, 0.29) is 35.2 Å². The molecule has 0 aromatic carbocycles. The monoisotopic (exact) mass is 326 g/mol. The van der Waals surface area contributed by atoms with Gasteiger partial charge >= 0.3 is 0 Å². The number of carbonyl (C=O) groups is 1. The average Bonchev–Trinajstić information content (AvgIpc) is 2.79. The third-order valence-electron chi connectivity index (χ3n) is 3.57. The first-order valence-electron chi connectivity index (χ1n) is 7.42. The highest BCUT2D eigenvalue weighted by molar-refractivity contribution is 7.91. The predicted molar refractivity (Wildman–Crippen MR) is 84.6 cm³/mol. The van der Waals surface area contributed by atoms with Crippen molar-refractivity contribution >= 4 is 21.6 Å². The zero-order valence-corrected chi connectivity index (χ0v) is 13.9. The van der Waals surface area contributed by atoms with Crippen molar-refractivity contribution in [2.75, 3.05) is 23.4 Å². The molecule has 22 heavy (non-hydrogen) atoms. The summed E-state index contributed by atoms with van der Waals surface area (Å²) in [7, 11) is -3.03. The lowest BCUT2D eigenvalue weighted by atomic mass is 10.2. The molecule has 0 bridgehead atoms. The van der Waals surface area contributed by atoms with Gasteiger partial charge in [-0.2, -0.15) is 0 Å². The van der Waals surface area contributed by atoms with Crippen LogP contribution < -0.4 is 5.32 Å². The molecule has 0 saturated carbocycles. The minimum atomic E-state index is -3.03. The van der Waals surface area contributed by atoms with Crippen LogP contribution in [-0.4, -0.2) is 59.3 Å². The summed E-state index contributed by atoms with van der Waals surface area (Å²) >= 11 is 0. The smallest absolute Gasteiger partial charge is 0.272 e. The van der Waals surface area contributed by atoms with Gasteiger partial charge in [0.2, 0.25) is 0 Å².